The number of para-hydroxylation sites is 1. The topological polar surface area (TPSA) is 24.5 Å². The fraction of sp³-hybridized carbons (Fsp3) is 0.429. The molecule has 24 heavy (non-hydrogen) atoms. The number of rotatable bonds is 6. The molecule has 1 saturated heterocycles. The summed E-state index contributed by atoms with van der Waals surface area (Å²) in [5.74, 6) is 0.962. The number of benzene rings is 2. The molecule has 3 rings (SSSR count). The standard InChI is InChI=1S/C21H28N2O/c1-3-23-15-9-13-19(21(23)17-10-5-4-6-11-17)22-16-18-12-7-8-14-20(18)24-2/h4-8,10-12,14,19,21-22H,3,9,13,15-16H2,1-2H3. The second-order valence-corrected chi connectivity index (χ2v) is 6.43. The summed E-state index contributed by atoms with van der Waals surface area (Å²) in [5, 5.41) is 3.80. The summed E-state index contributed by atoms with van der Waals surface area (Å²) in [6, 6.07) is 20.1. The maximum absolute atomic E-state index is 5.49. The number of piperidine rings is 1. The molecular weight excluding hydrogens is 296 g/mol. The Morgan fingerprint density at radius 3 is 2.58 bits per heavy atom. The molecule has 2 aromatic rings. The van der Waals surface area contributed by atoms with Gasteiger partial charge in [0, 0.05) is 18.2 Å². The lowest BCUT2D eigenvalue weighted by molar-refractivity contribution is 0.117. The van der Waals surface area contributed by atoms with Crippen LogP contribution in [0, 0.1) is 0 Å². The second kappa shape index (κ2) is 8.32. The zero-order chi connectivity index (χ0) is 16.8. The Morgan fingerprint density at radius 1 is 1.08 bits per heavy atom. The van der Waals surface area contributed by atoms with Crippen molar-refractivity contribution in [3.8, 4) is 5.75 Å². The molecule has 1 heterocycles. The minimum absolute atomic E-state index is 0.444. The van der Waals surface area contributed by atoms with Crippen LogP contribution in [-0.4, -0.2) is 31.1 Å². The molecule has 0 spiro atoms. The molecule has 3 nitrogen and oxygen atoms in total. The van der Waals surface area contributed by atoms with Crippen LogP contribution >= 0.6 is 0 Å². The second-order valence-electron chi connectivity index (χ2n) is 6.43. The molecule has 0 aliphatic carbocycles. The zero-order valence-corrected chi connectivity index (χ0v) is 14.7. The highest BCUT2D eigenvalue weighted by Gasteiger charge is 2.31. The number of methoxy groups -OCH3 is 1. The lowest BCUT2D eigenvalue weighted by Crippen LogP contribution is -2.48. The van der Waals surface area contributed by atoms with Crippen molar-refractivity contribution in [2.24, 2.45) is 0 Å². The van der Waals surface area contributed by atoms with Crippen LogP contribution in [0.2, 0.25) is 0 Å². The number of ether oxygens (including phenoxy) is 1. The highest BCUT2D eigenvalue weighted by molar-refractivity contribution is 5.33. The molecule has 1 fully saturated rings. The SMILES string of the molecule is CCN1CCCC(NCc2ccccc2OC)C1c1ccccc1. The average Bonchev–Trinajstić information content (AvgIpc) is 2.66. The van der Waals surface area contributed by atoms with Crippen molar-refractivity contribution in [2.45, 2.75) is 38.4 Å². The Morgan fingerprint density at radius 2 is 1.83 bits per heavy atom. The van der Waals surface area contributed by atoms with Gasteiger partial charge in [-0.1, -0.05) is 55.5 Å². The van der Waals surface area contributed by atoms with Gasteiger partial charge in [-0.05, 0) is 37.6 Å². The summed E-state index contributed by atoms with van der Waals surface area (Å²) < 4.78 is 5.49. The Bertz CT molecular complexity index is 629. The van der Waals surface area contributed by atoms with Gasteiger partial charge in [0.1, 0.15) is 5.75 Å². The average molecular weight is 324 g/mol. The Hall–Kier alpha value is -1.84. The van der Waals surface area contributed by atoms with Gasteiger partial charge in [-0.25, -0.2) is 0 Å². The van der Waals surface area contributed by atoms with Crippen LogP contribution < -0.4 is 10.1 Å². The van der Waals surface area contributed by atoms with Crippen LogP contribution in [0.3, 0.4) is 0 Å². The molecule has 2 unspecified atom stereocenters. The summed E-state index contributed by atoms with van der Waals surface area (Å²) in [7, 11) is 1.74. The van der Waals surface area contributed by atoms with Crippen molar-refractivity contribution < 1.29 is 4.74 Å². The summed E-state index contributed by atoms with van der Waals surface area (Å²) in [6.07, 6.45) is 2.46. The quantitative estimate of drug-likeness (QED) is 0.869. The van der Waals surface area contributed by atoms with Crippen molar-refractivity contribution >= 4 is 0 Å². The summed E-state index contributed by atoms with van der Waals surface area (Å²) >= 11 is 0. The lowest BCUT2D eigenvalue weighted by Gasteiger charge is -2.41. The van der Waals surface area contributed by atoms with Crippen LogP contribution in [0.1, 0.15) is 36.9 Å². The molecule has 128 valence electrons. The van der Waals surface area contributed by atoms with E-state index in [1.807, 2.05) is 12.1 Å². The van der Waals surface area contributed by atoms with Crippen molar-refractivity contribution in [1.82, 2.24) is 10.2 Å². The van der Waals surface area contributed by atoms with E-state index >= 15 is 0 Å². The van der Waals surface area contributed by atoms with Gasteiger partial charge in [-0.15, -0.1) is 0 Å². The third-order valence-electron chi connectivity index (χ3n) is 5.03. The van der Waals surface area contributed by atoms with E-state index < -0.39 is 0 Å². The number of hydrogen-bond acceptors (Lipinski definition) is 3. The minimum Gasteiger partial charge on any atom is -0.496 e. The maximum Gasteiger partial charge on any atom is 0.123 e. The first kappa shape index (κ1) is 17.0. The van der Waals surface area contributed by atoms with Crippen LogP contribution in [0.5, 0.6) is 5.75 Å². The molecular formula is C21H28N2O. The van der Waals surface area contributed by atoms with Crippen molar-refractivity contribution in [1.29, 1.82) is 0 Å². The van der Waals surface area contributed by atoms with E-state index in [9.17, 15) is 0 Å². The van der Waals surface area contributed by atoms with Crippen LogP contribution in [0.15, 0.2) is 54.6 Å². The smallest absolute Gasteiger partial charge is 0.123 e. The van der Waals surface area contributed by atoms with Gasteiger partial charge in [0.25, 0.3) is 0 Å². The largest absolute Gasteiger partial charge is 0.496 e. The van der Waals surface area contributed by atoms with Gasteiger partial charge < -0.3 is 10.1 Å². The maximum atomic E-state index is 5.49. The Kier molecular flexibility index (Phi) is 5.89. The highest BCUT2D eigenvalue weighted by Crippen LogP contribution is 2.31. The summed E-state index contributed by atoms with van der Waals surface area (Å²) in [4.78, 5) is 2.60. The minimum atomic E-state index is 0.444. The number of nitrogens with one attached hydrogen (secondary N) is 1. The number of likely N-dealkylation sites (N-methyl/N-ethyl adjacent to an activating group) is 1. The van der Waals surface area contributed by atoms with Crippen molar-refractivity contribution in [3.63, 3.8) is 0 Å². The predicted molar refractivity (Wildman–Crippen MR) is 99.3 cm³/mol. The third kappa shape index (κ3) is 3.80. The number of nitrogens with zero attached hydrogens (tertiary/aromatic N) is 1. The van der Waals surface area contributed by atoms with Gasteiger partial charge in [0.2, 0.25) is 0 Å². The van der Waals surface area contributed by atoms with E-state index in [-0.39, 0.29) is 0 Å². The molecule has 2 atom stereocenters. The number of hydrogen-bond donors (Lipinski definition) is 1. The first-order valence-electron chi connectivity index (χ1n) is 8.97. The van der Waals surface area contributed by atoms with Gasteiger partial charge in [-0.3, -0.25) is 4.90 Å². The van der Waals surface area contributed by atoms with E-state index in [0.29, 0.717) is 12.1 Å². The Balaban J connectivity index is 1.77. The molecule has 1 aliphatic heterocycles. The zero-order valence-electron chi connectivity index (χ0n) is 14.7. The molecule has 1 N–H and O–H groups in total. The van der Waals surface area contributed by atoms with E-state index in [4.69, 9.17) is 4.74 Å². The summed E-state index contributed by atoms with van der Waals surface area (Å²) in [5.41, 5.74) is 2.64. The van der Waals surface area contributed by atoms with E-state index in [2.05, 4.69) is 59.6 Å². The molecule has 3 heteroatoms. The molecule has 0 saturated carbocycles. The van der Waals surface area contributed by atoms with Gasteiger partial charge in [0.15, 0.2) is 0 Å². The molecule has 2 aromatic carbocycles. The fourth-order valence-corrected chi connectivity index (χ4v) is 3.82. The summed E-state index contributed by atoms with van der Waals surface area (Å²) in [6.45, 7) is 5.38. The van der Waals surface area contributed by atoms with Gasteiger partial charge >= 0.3 is 0 Å². The molecule has 1 aliphatic rings. The molecule has 0 radical (unpaired) electrons. The first-order valence-corrected chi connectivity index (χ1v) is 8.97. The van der Waals surface area contributed by atoms with Gasteiger partial charge in [-0.2, -0.15) is 0 Å². The molecule has 0 bridgehead atoms. The van der Waals surface area contributed by atoms with E-state index in [1.54, 1.807) is 7.11 Å². The van der Waals surface area contributed by atoms with Crippen molar-refractivity contribution in [2.75, 3.05) is 20.2 Å². The van der Waals surface area contributed by atoms with Crippen molar-refractivity contribution in [3.05, 3.63) is 65.7 Å². The predicted octanol–water partition coefficient (Wildman–Crippen LogP) is 4.01. The highest BCUT2D eigenvalue weighted by atomic mass is 16.5. The van der Waals surface area contributed by atoms with E-state index in [0.717, 1.165) is 18.8 Å². The lowest BCUT2D eigenvalue weighted by atomic mass is 9.90. The van der Waals surface area contributed by atoms with Gasteiger partial charge in [0.05, 0.1) is 13.2 Å². The normalized spacial score (nSPS) is 21.6. The van der Waals surface area contributed by atoms with Crippen LogP contribution in [0.4, 0.5) is 0 Å². The van der Waals surface area contributed by atoms with E-state index in [1.165, 1.54) is 30.5 Å². The number of likely N-dealkylation sites (tertiary alicyclic amines) is 1. The fourth-order valence-electron chi connectivity index (χ4n) is 3.82. The van der Waals surface area contributed by atoms with Crippen LogP contribution in [0.25, 0.3) is 0 Å². The van der Waals surface area contributed by atoms with Crippen LogP contribution in [-0.2, 0) is 6.54 Å². The Labute approximate surface area is 145 Å². The molecule has 0 amide bonds. The molecule has 0 aromatic heterocycles. The monoisotopic (exact) mass is 324 g/mol. The first-order chi connectivity index (χ1) is 11.8. The third-order valence-corrected chi connectivity index (χ3v) is 5.03.